The molecule has 106 valence electrons. The fourth-order valence-corrected chi connectivity index (χ4v) is 1.63. The van der Waals surface area contributed by atoms with E-state index in [2.05, 4.69) is 0 Å². The van der Waals surface area contributed by atoms with E-state index in [1.54, 1.807) is 26.2 Å². The first-order chi connectivity index (χ1) is 9.12. The third-order valence-electron chi connectivity index (χ3n) is 2.56. The van der Waals surface area contributed by atoms with Crippen LogP contribution in [0, 0.1) is 0 Å². The number of ether oxygens (including phenoxy) is 3. The van der Waals surface area contributed by atoms with E-state index in [1.165, 1.54) is 0 Å². The van der Waals surface area contributed by atoms with E-state index in [1.807, 2.05) is 18.2 Å². The average Bonchev–Trinajstić information content (AvgIpc) is 2.40. The highest BCUT2D eigenvalue weighted by Crippen LogP contribution is 2.20. The molecule has 0 aliphatic carbocycles. The Balaban J connectivity index is 2.75. The van der Waals surface area contributed by atoms with Crippen LogP contribution in [0.1, 0.15) is 19.8 Å². The second-order valence-electron chi connectivity index (χ2n) is 4.12. The molecule has 5 heteroatoms. The van der Waals surface area contributed by atoms with Crippen LogP contribution in [-0.4, -0.2) is 32.0 Å². The maximum absolute atomic E-state index is 12.0. The number of esters is 1. The van der Waals surface area contributed by atoms with Crippen molar-refractivity contribution >= 4 is 5.97 Å². The van der Waals surface area contributed by atoms with Crippen molar-refractivity contribution in [2.45, 2.75) is 25.5 Å². The van der Waals surface area contributed by atoms with Gasteiger partial charge < -0.3 is 14.2 Å². The highest BCUT2D eigenvalue weighted by atomic mass is 16.6. The van der Waals surface area contributed by atoms with Crippen molar-refractivity contribution in [3.8, 4) is 5.75 Å². The van der Waals surface area contributed by atoms with Crippen molar-refractivity contribution in [3.05, 3.63) is 30.3 Å². The van der Waals surface area contributed by atoms with Gasteiger partial charge >= 0.3 is 5.97 Å². The number of benzene rings is 1. The van der Waals surface area contributed by atoms with Gasteiger partial charge in [0.2, 0.25) is 0 Å². The van der Waals surface area contributed by atoms with E-state index in [0.29, 0.717) is 25.2 Å². The number of nitrogens with two attached hydrogens (primary N) is 1. The largest absolute Gasteiger partial charge is 0.462 e. The van der Waals surface area contributed by atoms with Crippen LogP contribution in [0.4, 0.5) is 0 Å². The summed E-state index contributed by atoms with van der Waals surface area (Å²) in [4.78, 5) is 12.0. The SMILES string of the molecule is CCOC(=O)C(N)(CCCOC)Oc1ccccc1. The molecule has 0 aliphatic rings. The van der Waals surface area contributed by atoms with Crippen molar-refractivity contribution < 1.29 is 19.0 Å². The lowest BCUT2D eigenvalue weighted by molar-refractivity contribution is -0.162. The number of carbonyl (C=O) groups is 1. The zero-order chi connectivity index (χ0) is 14.1. The fraction of sp³-hybridized carbons (Fsp3) is 0.500. The van der Waals surface area contributed by atoms with Gasteiger partial charge in [-0.05, 0) is 25.5 Å². The molecule has 0 amide bonds. The molecule has 1 aromatic carbocycles. The maximum atomic E-state index is 12.0. The molecular formula is C14H21NO4. The molecule has 5 nitrogen and oxygen atoms in total. The van der Waals surface area contributed by atoms with Gasteiger partial charge in [-0.15, -0.1) is 0 Å². The summed E-state index contributed by atoms with van der Waals surface area (Å²) in [5, 5.41) is 0. The van der Waals surface area contributed by atoms with E-state index >= 15 is 0 Å². The van der Waals surface area contributed by atoms with Crippen LogP contribution >= 0.6 is 0 Å². The fourth-order valence-electron chi connectivity index (χ4n) is 1.63. The standard InChI is InChI=1S/C14H21NO4/c1-3-18-13(16)14(15,10-7-11-17-2)19-12-8-5-4-6-9-12/h4-6,8-9H,3,7,10-11,15H2,1-2H3. The molecule has 0 fully saturated rings. The molecule has 1 atom stereocenters. The van der Waals surface area contributed by atoms with Gasteiger partial charge in [0.05, 0.1) is 6.61 Å². The van der Waals surface area contributed by atoms with Gasteiger partial charge in [0.15, 0.2) is 0 Å². The summed E-state index contributed by atoms with van der Waals surface area (Å²) in [6.07, 6.45) is 0.938. The second kappa shape index (κ2) is 7.76. The van der Waals surface area contributed by atoms with Crippen molar-refractivity contribution in [1.29, 1.82) is 0 Å². The first-order valence-electron chi connectivity index (χ1n) is 6.31. The quantitative estimate of drug-likeness (QED) is 0.441. The molecular weight excluding hydrogens is 246 g/mol. The van der Waals surface area contributed by atoms with Crippen molar-refractivity contribution in [1.82, 2.24) is 0 Å². The number of methoxy groups -OCH3 is 1. The monoisotopic (exact) mass is 267 g/mol. The van der Waals surface area contributed by atoms with Gasteiger partial charge in [0.25, 0.3) is 5.72 Å². The molecule has 0 saturated carbocycles. The van der Waals surface area contributed by atoms with Gasteiger partial charge in [-0.1, -0.05) is 18.2 Å². The van der Waals surface area contributed by atoms with Gasteiger partial charge in [-0.3, -0.25) is 5.73 Å². The van der Waals surface area contributed by atoms with Crippen molar-refractivity contribution in [2.75, 3.05) is 20.3 Å². The molecule has 19 heavy (non-hydrogen) atoms. The highest BCUT2D eigenvalue weighted by Gasteiger charge is 2.37. The van der Waals surface area contributed by atoms with Crippen molar-refractivity contribution in [2.24, 2.45) is 5.73 Å². The number of para-hydroxylation sites is 1. The normalized spacial score (nSPS) is 13.6. The summed E-state index contributed by atoms with van der Waals surface area (Å²) < 4.78 is 15.6. The van der Waals surface area contributed by atoms with Crippen LogP contribution in [-0.2, 0) is 14.3 Å². The Labute approximate surface area is 113 Å². The topological polar surface area (TPSA) is 70.8 Å². The van der Waals surface area contributed by atoms with E-state index in [0.717, 1.165) is 0 Å². The van der Waals surface area contributed by atoms with Crippen LogP contribution in [0.2, 0.25) is 0 Å². The second-order valence-corrected chi connectivity index (χ2v) is 4.12. The summed E-state index contributed by atoms with van der Waals surface area (Å²) >= 11 is 0. The summed E-state index contributed by atoms with van der Waals surface area (Å²) in [7, 11) is 1.60. The molecule has 1 unspecified atom stereocenters. The van der Waals surface area contributed by atoms with E-state index in [-0.39, 0.29) is 6.61 Å². The molecule has 0 aromatic heterocycles. The predicted octanol–water partition coefficient (Wildman–Crippen LogP) is 1.71. The number of rotatable bonds is 8. The Kier molecular flexibility index (Phi) is 6.32. The minimum absolute atomic E-state index is 0.264. The first kappa shape index (κ1) is 15.5. The molecule has 1 rings (SSSR count). The molecule has 0 saturated heterocycles. The molecule has 0 bridgehead atoms. The number of carbonyl (C=O) groups excluding carboxylic acids is 1. The zero-order valence-electron chi connectivity index (χ0n) is 11.4. The Morgan fingerprint density at radius 1 is 1.32 bits per heavy atom. The van der Waals surface area contributed by atoms with Gasteiger partial charge in [-0.25, -0.2) is 4.79 Å². The molecule has 0 aliphatic heterocycles. The van der Waals surface area contributed by atoms with Crippen LogP contribution in [0.3, 0.4) is 0 Å². The maximum Gasteiger partial charge on any atom is 0.366 e. The van der Waals surface area contributed by atoms with E-state index in [4.69, 9.17) is 19.9 Å². The van der Waals surface area contributed by atoms with Crippen LogP contribution in [0.25, 0.3) is 0 Å². The zero-order valence-corrected chi connectivity index (χ0v) is 11.4. The van der Waals surface area contributed by atoms with Gasteiger partial charge in [0, 0.05) is 20.1 Å². The van der Waals surface area contributed by atoms with Crippen LogP contribution in [0.5, 0.6) is 5.75 Å². The third kappa shape index (κ3) is 4.89. The Hall–Kier alpha value is -1.59. The number of hydrogen-bond donors (Lipinski definition) is 1. The Morgan fingerprint density at radius 3 is 2.58 bits per heavy atom. The van der Waals surface area contributed by atoms with Crippen molar-refractivity contribution in [3.63, 3.8) is 0 Å². The lowest BCUT2D eigenvalue weighted by Gasteiger charge is -2.28. The smallest absolute Gasteiger partial charge is 0.366 e. The van der Waals surface area contributed by atoms with Gasteiger partial charge in [-0.2, -0.15) is 0 Å². The lowest BCUT2D eigenvalue weighted by Crippen LogP contribution is -2.54. The van der Waals surface area contributed by atoms with Crippen LogP contribution < -0.4 is 10.5 Å². The molecule has 0 heterocycles. The summed E-state index contributed by atoms with van der Waals surface area (Å²) in [6, 6.07) is 8.99. The van der Waals surface area contributed by atoms with E-state index < -0.39 is 11.7 Å². The lowest BCUT2D eigenvalue weighted by atomic mass is 10.1. The molecule has 2 N–H and O–H groups in total. The Morgan fingerprint density at radius 2 is 2.00 bits per heavy atom. The summed E-state index contributed by atoms with van der Waals surface area (Å²) in [6.45, 7) is 2.51. The first-order valence-corrected chi connectivity index (χ1v) is 6.31. The summed E-state index contributed by atoms with van der Waals surface area (Å²) in [5.74, 6) is -0.0228. The summed E-state index contributed by atoms with van der Waals surface area (Å²) in [5.41, 5.74) is 4.57. The van der Waals surface area contributed by atoms with E-state index in [9.17, 15) is 4.79 Å². The average molecular weight is 267 g/mol. The minimum atomic E-state index is -1.48. The van der Waals surface area contributed by atoms with Gasteiger partial charge in [0.1, 0.15) is 5.75 Å². The highest BCUT2D eigenvalue weighted by molar-refractivity contribution is 5.79. The third-order valence-corrected chi connectivity index (χ3v) is 2.56. The molecule has 0 spiro atoms. The molecule has 0 radical (unpaired) electrons. The predicted molar refractivity (Wildman–Crippen MR) is 71.7 cm³/mol. The van der Waals surface area contributed by atoms with Crippen LogP contribution in [0.15, 0.2) is 30.3 Å². The molecule has 1 aromatic rings. The Bertz CT molecular complexity index is 382. The number of hydrogen-bond acceptors (Lipinski definition) is 5. The minimum Gasteiger partial charge on any atom is -0.462 e.